The number of imidazole rings is 1. The van der Waals surface area contributed by atoms with Crippen LogP contribution in [0.2, 0.25) is 0 Å². The molecule has 0 bridgehead atoms. The van der Waals surface area contributed by atoms with Crippen LogP contribution >= 0.6 is 11.8 Å². The largest absolute Gasteiger partial charge is 0.341 e. The van der Waals surface area contributed by atoms with Gasteiger partial charge in [0.25, 0.3) is 0 Å². The molecule has 1 aliphatic carbocycles. The Morgan fingerprint density at radius 2 is 2.04 bits per heavy atom. The highest BCUT2D eigenvalue weighted by Crippen LogP contribution is 2.34. The minimum atomic E-state index is -0.275. The second-order valence-electron chi connectivity index (χ2n) is 7.40. The Morgan fingerprint density at radius 3 is 2.74 bits per heavy atom. The number of benzene rings is 1. The normalized spacial score (nSPS) is 15.1. The molecule has 0 unspecified atom stereocenters. The molecule has 0 N–H and O–H groups in total. The maximum atomic E-state index is 13.3. The number of aryl methyl sites for hydroxylation is 1. The van der Waals surface area contributed by atoms with Crippen LogP contribution in [0.15, 0.2) is 29.4 Å². The fourth-order valence-corrected chi connectivity index (χ4v) is 4.80. The number of hydrogen-bond acceptors (Lipinski definition) is 3. The van der Waals surface area contributed by atoms with Gasteiger partial charge < -0.3 is 9.47 Å². The Bertz CT molecular complexity index is 799. The smallest absolute Gasteiger partial charge is 0.233 e. The van der Waals surface area contributed by atoms with Crippen LogP contribution in [0.5, 0.6) is 0 Å². The SMILES string of the molecule is Cc1nc(SCC(=O)N(C)Cc2cccc(F)c2)n(C2CCCCC2)c1C. The van der Waals surface area contributed by atoms with Crippen molar-refractivity contribution < 1.29 is 9.18 Å². The van der Waals surface area contributed by atoms with Crippen LogP contribution < -0.4 is 0 Å². The lowest BCUT2D eigenvalue weighted by molar-refractivity contribution is -0.127. The summed E-state index contributed by atoms with van der Waals surface area (Å²) >= 11 is 1.51. The van der Waals surface area contributed by atoms with Crippen molar-refractivity contribution in [3.63, 3.8) is 0 Å². The van der Waals surface area contributed by atoms with Gasteiger partial charge in [-0.2, -0.15) is 0 Å². The summed E-state index contributed by atoms with van der Waals surface area (Å²) in [6, 6.07) is 6.89. The second-order valence-corrected chi connectivity index (χ2v) is 8.34. The highest BCUT2D eigenvalue weighted by Gasteiger charge is 2.23. The van der Waals surface area contributed by atoms with Crippen LogP contribution in [0.25, 0.3) is 0 Å². The molecule has 1 saturated carbocycles. The van der Waals surface area contributed by atoms with E-state index in [4.69, 9.17) is 4.98 Å². The molecular weight excluding hydrogens is 361 g/mol. The van der Waals surface area contributed by atoms with Crippen molar-refractivity contribution in [1.29, 1.82) is 0 Å². The number of nitrogens with zero attached hydrogens (tertiary/aromatic N) is 3. The lowest BCUT2D eigenvalue weighted by atomic mass is 9.95. The van der Waals surface area contributed by atoms with Gasteiger partial charge in [-0.05, 0) is 44.4 Å². The Balaban J connectivity index is 1.63. The van der Waals surface area contributed by atoms with E-state index in [0.29, 0.717) is 18.3 Å². The van der Waals surface area contributed by atoms with E-state index in [-0.39, 0.29) is 11.7 Å². The predicted molar refractivity (Wildman–Crippen MR) is 107 cm³/mol. The molecule has 1 aliphatic rings. The zero-order chi connectivity index (χ0) is 19.4. The molecule has 4 nitrogen and oxygen atoms in total. The number of amides is 1. The van der Waals surface area contributed by atoms with Gasteiger partial charge in [0, 0.05) is 25.3 Å². The summed E-state index contributed by atoms with van der Waals surface area (Å²) in [5, 5.41) is 0.949. The average molecular weight is 390 g/mol. The maximum absolute atomic E-state index is 13.3. The highest BCUT2D eigenvalue weighted by atomic mass is 32.2. The fourth-order valence-electron chi connectivity index (χ4n) is 3.70. The highest BCUT2D eigenvalue weighted by molar-refractivity contribution is 7.99. The molecule has 27 heavy (non-hydrogen) atoms. The van der Waals surface area contributed by atoms with E-state index >= 15 is 0 Å². The van der Waals surface area contributed by atoms with Crippen LogP contribution in [0.3, 0.4) is 0 Å². The summed E-state index contributed by atoms with van der Waals surface area (Å²) in [5.41, 5.74) is 3.06. The van der Waals surface area contributed by atoms with Gasteiger partial charge in [-0.3, -0.25) is 4.79 Å². The van der Waals surface area contributed by atoms with Crippen LogP contribution in [0, 0.1) is 19.7 Å². The maximum Gasteiger partial charge on any atom is 0.233 e. The van der Waals surface area contributed by atoms with Crippen molar-refractivity contribution >= 4 is 17.7 Å². The Morgan fingerprint density at radius 1 is 1.30 bits per heavy atom. The molecule has 0 spiro atoms. The number of rotatable bonds is 6. The van der Waals surface area contributed by atoms with Gasteiger partial charge in [0.2, 0.25) is 5.91 Å². The third kappa shape index (κ3) is 4.92. The van der Waals surface area contributed by atoms with Crippen molar-refractivity contribution in [2.45, 2.75) is 63.7 Å². The van der Waals surface area contributed by atoms with Gasteiger partial charge >= 0.3 is 0 Å². The number of thioether (sulfide) groups is 1. The number of hydrogen-bond donors (Lipinski definition) is 0. The zero-order valence-electron chi connectivity index (χ0n) is 16.4. The lowest BCUT2D eigenvalue weighted by Crippen LogP contribution is -2.28. The minimum Gasteiger partial charge on any atom is -0.341 e. The van der Waals surface area contributed by atoms with Gasteiger partial charge in [-0.1, -0.05) is 43.2 Å². The monoisotopic (exact) mass is 389 g/mol. The molecule has 146 valence electrons. The first-order chi connectivity index (χ1) is 13.0. The molecule has 0 aliphatic heterocycles. The molecule has 1 aromatic carbocycles. The molecule has 6 heteroatoms. The lowest BCUT2D eigenvalue weighted by Gasteiger charge is -2.26. The van der Waals surface area contributed by atoms with Crippen LogP contribution in [-0.4, -0.2) is 33.2 Å². The molecule has 0 radical (unpaired) electrons. The van der Waals surface area contributed by atoms with E-state index in [1.54, 1.807) is 18.0 Å². The Kier molecular flexibility index (Phi) is 6.58. The zero-order valence-corrected chi connectivity index (χ0v) is 17.2. The van der Waals surface area contributed by atoms with Crippen molar-refractivity contribution in [1.82, 2.24) is 14.5 Å². The first-order valence-electron chi connectivity index (χ1n) is 9.62. The molecule has 0 saturated heterocycles. The van der Waals surface area contributed by atoms with Crippen molar-refractivity contribution in [2.75, 3.05) is 12.8 Å². The first-order valence-corrected chi connectivity index (χ1v) is 10.6. The quantitative estimate of drug-likeness (QED) is 0.660. The molecular formula is C21H28FN3OS. The number of carbonyl (C=O) groups excluding carboxylic acids is 1. The summed E-state index contributed by atoms with van der Waals surface area (Å²) in [6.45, 7) is 4.57. The summed E-state index contributed by atoms with van der Waals surface area (Å²) in [6.07, 6.45) is 6.23. The van der Waals surface area contributed by atoms with Crippen molar-refractivity contribution in [2.24, 2.45) is 0 Å². The molecule has 0 atom stereocenters. The third-order valence-corrected chi connectivity index (χ3v) is 6.29. The van der Waals surface area contributed by atoms with E-state index < -0.39 is 0 Å². The topological polar surface area (TPSA) is 38.1 Å². The van der Waals surface area contributed by atoms with Gasteiger partial charge in [0.15, 0.2) is 5.16 Å². The van der Waals surface area contributed by atoms with E-state index in [9.17, 15) is 9.18 Å². The second kappa shape index (κ2) is 8.91. The standard InChI is InChI=1S/C21H28FN3OS/c1-15-16(2)25(19-10-5-4-6-11-19)21(23-15)27-14-20(26)24(3)13-17-8-7-9-18(22)12-17/h7-9,12,19H,4-6,10-11,13-14H2,1-3H3. The molecule has 1 fully saturated rings. The van der Waals surface area contributed by atoms with E-state index in [0.717, 1.165) is 16.4 Å². The number of aromatic nitrogens is 2. The van der Waals surface area contributed by atoms with Gasteiger partial charge in [-0.25, -0.2) is 9.37 Å². The molecule has 1 heterocycles. The minimum absolute atomic E-state index is 0.0257. The summed E-state index contributed by atoms with van der Waals surface area (Å²) in [5.74, 6) is 0.0926. The Hall–Kier alpha value is -1.82. The van der Waals surface area contributed by atoms with E-state index in [1.165, 1.54) is 61.7 Å². The molecule has 1 aromatic heterocycles. The molecule has 2 aromatic rings. The number of halogens is 1. The average Bonchev–Trinajstić information content (AvgIpc) is 2.94. The first kappa shape index (κ1) is 19.9. The van der Waals surface area contributed by atoms with Gasteiger partial charge in [-0.15, -0.1) is 0 Å². The van der Waals surface area contributed by atoms with E-state index in [1.807, 2.05) is 13.0 Å². The summed E-state index contributed by atoms with van der Waals surface area (Å²) < 4.78 is 15.7. The van der Waals surface area contributed by atoms with Gasteiger partial charge in [0.05, 0.1) is 11.4 Å². The fraction of sp³-hybridized carbons (Fsp3) is 0.524. The summed E-state index contributed by atoms with van der Waals surface area (Å²) in [7, 11) is 1.76. The van der Waals surface area contributed by atoms with Gasteiger partial charge in [0.1, 0.15) is 5.82 Å². The Labute approximate surface area is 165 Å². The van der Waals surface area contributed by atoms with E-state index in [2.05, 4.69) is 11.5 Å². The third-order valence-electron chi connectivity index (χ3n) is 5.35. The van der Waals surface area contributed by atoms with Crippen molar-refractivity contribution in [3.8, 4) is 0 Å². The van der Waals surface area contributed by atoms with Crippen LogP contribution in [-0.2, 0) is 11.3 Å². The van der Waals surface area contributed by atoms with Crippen molar-refractivity contribution in [3.05, 3.63) is 47.0 Å². The van der Waals surface area contributed by atoms with Crippen LogP contribution in [0.4, 0.5) is 4.39 Å². The molecule has 3 rings (SSSR count). The predicted octanol–water partition coefficient (Wildman–Crippen LogP) is 4.89. The molecule has 1 amide bonds. The summed E-state index contributed by atoms with van der Waals surface area (Å²) in [4.78, 5) is 18.9. The number of carbonyl (C=O) groups is 1. The van der Waals surface area contributed by atoms with Crippen LogP contribution in [0.1, 0.15) is 55.1 Å².